The molecular formula is C12H22BrNO. The highest BCUT2D eigenvalue weighted by atomic mass is 79.9. The molecule has 2 atom stereocenters. The van der Waals surface area contributed by atoms with Crippen LogP contribution in [0.3, 0.4) is 0 Å². The highest BCUT2D eigenvalue weighted by Crippen LogP contribution is 2.48. The van der Waals surface area contributed by atoms with Crippen LogP contribution >= 0.6 is 15.9 Å². The van der Waals surface area contributed by atoms with Gasteiger partial charge in [0.25, 0.3) is 0 Å². The third kappa shape index (κ3) is 2.75. The van der Waals surface area contributed by atoms with Gasteiger partial charge in [-0.05, 0) is 37.1 Å². The van der Waals surface area contributed by atoms with Crippen LogP contribution in [0.1, 0.15) is 26.2 Å². The van der Waals surface area contributed by atoms with E-state index in [2.05, 4.69) is 27.8 Å². The first kappa shape index (κ1) is 11.9. The van der Waals surface area contributed by atoms with Crippen molar-refractivity contribution in [2.75, 3.05) is 32.1 Å². The first-order chi connectivity index (χ1) is 7.19. The molecule has 15 heavy (non-hydrogen) atoms. The summed E-state index contributed by atoms with van der Waals surface area (Å²) in [7, 11) is 1.85. The third-order valence-electron chi connectivity index (χ3n) is 4.08. The summed E-state index contributed by atoms with van der Waals surface area (Å²) in [6, 6.07) is 0. The number of piperidine rings is 1. The Bertz CT molecular complexity index is 218. The Morgan fingerprint density at radius 2 is 2.20 bits per heavy atom. The van der Waals surface area contributed by atoms with Gasteiger partial charge in [0.05, 0.1) is 6.10 Å². The maximum absolute atomic E-state index is 5.55. The summed E-state index contributed by atoms with van der Waals surface area (Å²) < 4.78 is 5.55. The Morgan fingerprint density at radius 1 is 1.47 bits per heavy atom. The van der Waals surface area contributed by atoms with Crippen LogP contribution in [0.4, 0.5) is 0 Å². The van der Waals surface area contributed by atoms with Gasteiger partial charge in [-0.1, -0.05) is 22.9 Å². The topological polar surface area (TPSA) is 12.5 Å². The molecule has 88 valence electrons. The van der Waals surface area contributed by atoms with Gasteiger partial charge in [-0.2, -0.15) is 0 Å². The fourth-order valence-corrected chi connectivity index (χ4v) is 3.27. The van der Waals surface area contributed by atoms with Gasteiger partial charge in [0.1, 0.15) is 0 Å². The Kier molecular flexibility index (Phi) is 3.74. The molecule has 2 aliphatic rings. The molecule has 2 rings (SSSR count). The Labute approximate surface area is 101 Å². The number of rotatable bonds is 4. The molecule has 1 heterocycles. The van der Waals surface area contributed by atoms with Crippen LogP contribution in [-0.4, -0.2) is 43.1 Å². The smallest absolute Gasteiger partial charge is 0.0724 e. The minimum atomic E-state index is 0.449. The van der Waals surface area contributed by atoms with E-state index >= 15 is 0 Å². The molecule has 1 aliphatic heterocycles. The summed E-state index contributed by atoms with van der Waals surface area (Å²) in [4.78, 5) is 2.60. The van der Waals surface area contributed by atoms with Crippen LogP contribution in [0.5, 0.6) is 0 Å². The van der Waals surface area contributed by atoms with Gasteiger partial charge in [0.15, 0.2) is 0 Å². The SMILES string of the molecule is COC1CN(CC2(CBr)CC2)CCC1C. The van der Waals surface area contributed by atoms with Gasteiger partial charge in [-0.25, -0.2) is 0 Å². The normalized spacial score (nSPS) is 35.4. The summed E-state index contributed by atoms with van der Waals surface area (Å²) in [6.45, 7) is 5.97. The summed E-state index contributed by atoms with van der Waals surface area (Å²) in [6.07, 6.45) is 4.55. The second-order valence-electron chi connectivity index (χ2n) is 5.41. The molecule has 1 saturated heterocycles. The zero-order valence-electron chi connectivity index (χ0n) is 9.84. The molecule has 3 heteroatoms. The summed E-state index contributed by atoms with van der Waals surface area (Å²) in [5, 5.41) is 1.17. The summed E-state index contributed by atoms with van der Waals surface area (Å²) in [5.74, 6) is 0.727. The summed E-state index contributed by atoms with van der Waals surface area (Å²) in [5.41, 5.74) is 0.610. The van der Waals surface area contributed by atoms with E-state index in [1.165, 1.54) is 37.7 Å². The van der Waals surface area contributed by atoms with E-state index < -0.39 is 0 Å². The second kappa shape index (κ2) is 4.72. The van der Waals surface area contributed by atoms with E-state index in [1.54, 1.807) is 0 Å². The zero-order valence-corrected chi connectivity index (χ0v) is 11.4. The van der Waals surface area contributed by atoms with Crippen LogP contribution in [0.25, 0.3) is 0 Å². The van der Waals surface area contributed by atoms with Crippen molar-refractivity contribution in [1.82, 2.24) is 4.90 Å². The van der Waals surface area contributed by atoms with Crippen molar-refractivity contribution in [2.45, 2.75) is 32.3 Å². The fourth-order valence-electron chi connectivity index (χ4n) is 2.53. The molecule has 0 bridgehead atoms. The van der Waals surface area contributed by atoms with Crippen molar-refractivity contribution >= 4 is 15.9 Å². The highest BCUT2D eigenvalue weighted by molar-refractivity contribution is 9.09. The Hall–Kier alpha value is 0.400. The summed E-state index contributed by atoms with van der Waals surface area (Å²) >= 11 is 3.65. The lowest BCUT2D eigenvalue weighted by Crippen LogP contribution is -2.46. The number of methoxy groups -OCH3 is 1. The molecule has 2 fully saturated rings. The second-order valence-corrected chi connectivity index (χ2v) is 5.97. The molecule has 0 spiro atoms. The predicted octanol–water partition coefficient (Wildman–Crippen LogP) is 2.52. The first-order valence-electron chi connectivity index (χ1n) is 6.00. The minimum Gasteiger partial charge on any atom is -0.380 e. The molecule has 1 aliphatic carbocycles. The molecule has 0 aromatic rings. The Morgan fingerprint density at radius 3 is 2.73 bits per heavy atom. The van der Waals surface area contributed by atoms with E-state index in [0.29, 0.717) is 11.5 Å². The average molecular weight is 276 g/mol. The maximum atomic E-state index is 5.55. The van der Waals surface area contributed by atoms with Crippen LogP contribution in [0, 0.1) is 11.3 Å². The molecule has 2 unspecified atom stereocenters. The van der Waals surface area contributed by atoms with Gasteiger partial charge >= 0.3 is 0 Å². The van der Waals surface area contributed by atoms with Gasteiger partial charge in [-0.3, -0.25) is 0 Å². The van der Waals surface area contributed by atoms with Crippen LogP contribution in [0.15, 0.2) is 0 Å². The number of hydrogen-bond donors (Lipinski definition) is 0. The van der Waals surface area contributed by atoms with Gasteiger partial charge in [-0.15, -0.1) is 0 Å². The van der Waals surface area contributed by atoms with E-state index in [9.17, 15) is 0 Å². The van der Waals surface area contributed by atoms with Gasteiger partial charge < -0.3 is 9.64 Å². The van der Waals surface area contributed by atoms with Crippen molar-refractivity contribution < 1.29 is 4.74 Å². The van der Waals surface area contributed by atoms with Gasteiger partial charge in [0, 0.05) is 25.5 Å². The van der Waals surface area contributed by atoms with Crippen LogP contribution in [0.2, 0.25) is 0 Å². The molecule has 0 N–H and O–H groups in total. The lowest BCUT2D eigenvalue weighted by atomic mass is 9.95. The van der Waals surface area contributed by atoms with Crippen molar-refractivity contribution in [2.24, 2.45) is 11.3 Å². The number of ether oxygens (including phenoxy) is 1. The number of nitrogens with zero attached hydrogens (tertiary/aromatic N) is 1. The zero-order chi connectivity index (χ0) is 10.9. The van der Waals surface area contributed by atoms with Crippen LogP contribution < -0.4 is 0 Å². The number of likely N-dealkylation sites (tertiary alicyclic amines) is 1. The van der Waals surface area contributed by atoms with Crippen molar-refractivity contribution in [3.63, 3.8) is 0 Å². The minimum absolute atomic E-state index is 0.449. The van der Waals surface area contributed by atoms with E-state index in [4.69, 9.17) is 4.74 Å². The molecule has 2 nitrogen and oxygen atoms in total. The van der Waals surface area contributed by atoms with Gasteiger partial charge in [0.2, 0.25) is 0 Å². The highest BCUT2D eigenvalue weighted by Gasteiger charge is 2.43. The lowest BCUT2D eigenvalue weighted by molar-refractivity contribution is -0.00956. The monoisotopic (exact) mass is 275 g/mol. The van der Waals surface area contributed by atoms with E-state index in [0.717, 1.165) is 12.5 Å². The molecular weight excluding hydrogens is 254 g/mol. The quantitative estimate of drug-likeness (QED) is 0.732. The largest absolute Gasteiger partial charge is 0.380 e. The third-order valence-corrected chi connectivity index (χ3v) is 5.27. The van der Waals surface area contributed by atoms with E-state index in [1.807, 2.05) is 7.11 Å². The molecule has 0 radical (unpaired) electrons. The number of halogens is 1. The fraction of sp³-hybridized carbons (Fsp3) is 1.00. The van der Waals surface area contributed by atoms with E-state index in [-0.39, 0.29) is 0 Å². The van der Waals surface area contributed by atoms with Crippen molar-refractivity contribution in [1.29, 1.82) is 0 Å². The first-order valence-corrected chi connectivity index (χ1v) is 7.12. The predicted molar refractivity (Wildman–Crippen MR) is 66.5 cm³/mol. The number of alkyl halides is 1. The van der Waals surface area contributed by atoms with Crippen LogP contribution in [-0.2, 0) is 4.74 Å². The lowest BCUT2D eigenvalue weighted by Gasteiger charge is -2.37. The molecule has 0 amide bonds. The Balaban J connectivity index is 1.84. The average Bonchev–Trinajstić information content (AvgIpc) is 3.02. The molecule has 0 aromatic carbocycles. The van der Waals surface area contributed by atoms with Crippen molar-refractivity contribution in [3.05, 3.63) is 0 Å². The van der Waals surface area contributed by atoms with Crippen molar-refractivity contribution in [3.8, 4) is 0 Å². The molecule has 1 saturated carbocycles. The number of hydrogen-bond acceptors (Lipinski definition) is 2. The standard InChI is InChI=1S/C12H22BrNO/c1-10-3-6-14(7-11(10)15-2)9-12(8-13)4-5-12/h10-11H,3-9H2,1-2H3. The molecule has 0 aromatic heterocycles. The maximum Gasteiger partial charge on any atom is 0.0724 e.